The summed E-state index contributed by atoms with van der Waals surface area (Å²) >= 11 is 0. The molecule has 0 aliphatic carbocycles. The number of carbonyl (C=O) groups excluding carboxylic acids is 2. The van der Waals surface area contributed by atoms with Gasteiger partial charge in [-0.3, -0.25) is 4.79 Å². The van der Waals surface area contributed by atoms with Gasteiger partial charge < -0.3 is 254 Å². The van der Waals surface area contributed by atoms with Crippen molar-refractivity contribution in [1.29, 1.82) is 0 Å². The number of aliphatic hydroxyl groups is 31. The Kier molecular flexibility index (Phi) is 34.9. The molecule has 9 aliphatic heterocycles. The number of hydrogen-bond acceptors (Lipinski definition) is 51. The first kappa shape index (κ1) is 95.0. The Hall–Kier alpha value is -2.82. The van der Waals surface area contributed by atoms with E-state index in [1.54, 1.807) is 0 Å². The van der Waals surface area contributed by atoms with Gasteiger partial charge in [-0.15, -0.1) is 0 Å². The van der Waals surface area contributed by atoms with Crippen LogP contribution in [0.15, 0.2) is 0 Å². The molecular weight excluding hydrogens is 1570 g/mol. The molecule has 0 radical (unpaired) electrons. The van der Waals surface area contributed by atoms with Crippen LogP contribution in [0.4, 0.5) is 0 Å². The van der Waals surface area contributed by atoms with Gasteiger partial charge in [0.15, 0.2) is 56.6 Å². The lowest BCUT2D eigenvalue weighted by Gasteiger charge is -2.50. The van der Waals surface area contributed by atoms with Crippen LogP contribution in [0.1, 0.15) is 6.92 Å². The second-order valence-corrected chi connectivity index (χ2v) is 28.4. The first-order valence-electron chi connectivity index (χ1n) is 36.0. The van der Waals surface area contributed by atoms with Crippen molar-refractivity contribution in [2.24, 2.45) is 0 Å². The number of ether oxygens (including phenoxy) is 18. The van der Waals surface area contributed by atoms with Gasteiger partial charge in [-0.1, -0.05) is 0 Å². The molecule has 52 heteroatoms. The molecule has 0 aromatic heterocycles. The van der Waals surface area contributed by atoms with Crippen molar-refractivity contribution < 1.29 is 253 Å². The van der Waals surface area contributed by atoms with E-state index in [2.05, 4.69) is 0 Å². The van der Waals surface area contributed by atoms with Crippen molar-refractivity contribution in [2.75, 3.05) is 66.1 Å². The first-order valence-corrected chi connectivity index (χ1v) is 36.0. The first-order chi connectivity index (χ1) is 54.0. The Bertz CT molecular complexity index is 2900. The number of carbonyl (C=O) groups is 2. The Balaban J connectivity index is 1.08. The molecule has 9 heterocycles. The van der Waals surface area contributed by atoms with Gasteiger partial charge in [-0.2, -0.15) is 0 Å². The molecule has 0 unspecified atom stereocenters. The van der Waals surface area contributed by atoms with Crippen molar-refractivity contribution in [3.05, 3.63) is 0 Å². The van der Waals surface area contributed by atoms with Crippen molar-refractivity contribution in [3.63, 3.8) is 0 Å². The molecule has 0 aromatic rings. The third-order valence-corrected chi connectivity index (χ3v) is 20.8. The molecular formula is C62H105NO51. The van der Waals surface area contributed by atoms with Crippen LogP contribution < -0.4 is 5.32 Å². The van der Waals surface area contributed by atoms with Crippen molar-refractivity contribution in [3.8, 4) is 0 Å². The highest BCUT2D eigenvalue weighted by Gasteiger charge is 2.61. The van der Waals surface area contributed by atoms with Crippen molar-refractivity contribution >= 4 is 12.2 Å². The monoisotopic (exact) mass is 1680 g/mol. The zero-order chi connectivity index (χ0) is 84.1. The Morgan fingerprint density at radius 3 is 0.868 bits per heavy atom. The summed E-state index contributed by atoms with van der Waals surface area (Å²) in [5, 5.41) is 343. The highest BCUT2D eigenvalue weighted by molar-refractivity contribution is 5.77. The summed E-state index contributed by atoms with van der Waals surface area (Å²) in [6.45, 7) is -10.8. The fourth-order valence-electron chi connectivity index (χ4n) is 14.1. The van der Waals surface area contributed by atoms with Gasteiger partial charge >= 0.3 is 0 Å². The van der Waals surface area contributed by atoms with Crippen LogP contribution in [0.2, 0.25) is 0 Å². The lowest BCUT2D eigenvalue weighted by Crippen LogP contribution is -2.68. The maximum Gasteiger partial charge on any atom is 0.217 e. The maximum absolute atomic E-state index is 12.5. The predicted molar refractivity (Wildman–Crippen MR) is 342 cm³/mol. The van der Waals surface area contributed by atoms with Gasteiger partial charge in [0.05, 0.1) is 66.1 Å². The Morgan fingerprint density at radius 1 is 0.307 bits per heavy atom. The lowest BCUT2D eigenvalue weighted by molar-refractivity contribution is -0.407. The van der Waals surface area contributed by atoms with Crippen LogP contribution in [-0.2, 0) is 94.9 Å². The number of aldehydes is 1. The zero-order valence-corrected chi connectivity index (χ0v) is 60.0. The minimum atomic E-state index is -2.67. The summed E-state index contributed by atoms with van der Waals surface area (Å²) in [7, 11) is 0. The molecule has 9 fully saturated rings. The SMILES string of the molecule is CC(=O)N[C@@H](C=O)[C@@H](O)[C@H](O[C@@H]1O[C@H](CO[C@H]2O[C@H](CO[C@H]3O[C@H](CO)[C@@H](O)[C@H](O)[C@@H]3O[C@H]3O[C@H](CO)[C@@H](O)[C@H](O)[C@@H]3O)[C@@H](O)[C@H](O[C@H]3O[C@H](CO)[C@@H](O)[C@H](O)[C@@H]3O[C@H]3O[C@H](CO)[C@@H](O)[C@H](O)[C@@H]3O)[C@@H]2O)[C@@H](O)[C@H](O[C@H]2O[C@H](CO)[C@@H](O)[C@H](O)[C@@H]2O[C@H]2O[C@H](CO)[C@@H](O)[C@H](O)[C@@H]2O[C@H]2O[C@H](CO)[C@@H](O)[C@H](O)[C@@H]2O)[C@@H]1O)[C@H](O)CO. The number of nitrogens with one attached hydrogen (secondary N) is 1. The van der Waals surface area contributed by atoms with Gasteiger partial charge in [0, 0.05) is 6.92 Å². The van der Waals surface area contributed by atoms with E-state index in [0.29, 0.717) is 0 Å². The summed E-state index contributed by atoms with van der Waals surface area (Å²) in [5.41, 5.74) is 0. The van der Waals surface area contributed by atoms with E-state index in [1.165, 1.54) is 0 Å². The highest BCUT2D eigenvalue weighted by atomic mass is 16.8. The van der Waals surface area contributed by atoms with Crippen LogP contribution in [0.3, 0.4) is 0 Å². The van der Waals surface area contributed by atoms with Crippen LogP contribution in [0.5, 0.6) is 0 Å². The summed E-state index contributed by atoms with van der Waals surface area (Å²) in [6, 6.07) is -2.04. The largest absolute Gasteiger partial charge is 0.394 e. The quantitative estimate of drug-likeness (QED) is 0.0271. The Labute approximate surface area is 642 Å². The third-order valence-electron chi connectivity index (χ3n) is 20.8. The second-order valence-electron chi connectivity index (χ2n) is 28.4. The summed E-state index contributed by atoms with van der Waals surface area (Å²) < 4.78 is 105. The molecule has 32 N–H and O–H groups in total. The molecule has 49 atom stereocenters. The van der Waals surface area contributed by atoms with E-state index in [0.717, 1.165) is 6.92 Å². The van der Waals surface area contributed by atoms with Crippen LogP contribution in [0, 0.1) is 0 Å². The second kappa shape index (κ2) is 41.8. The van der Waals surface area contributed by atoms with Gasteiger partial charge in [0.25, 0.3) is 0 Å². The van der Waals surface area contributed by atoms with Gasteiger partial charge in [-0.25, -0.2) is 0 Å². The standard InChI is InChI=1S/C62H105NO51/c1-13(73)63-14(2-64)25(75)47(15(74)3-65)108-58-46(96)49(110-61-53(41(91)32(82)21(9-71)104-61)114-62-52(40(90)31(81)22(10-72)105-62)113-57-44(94)37(87)28(78)18(6-68)101-57)34(84)24(107-58)11-97-54-45(95)48(109-60-51(39(89)30(80)20(8-70)103-60)112-56-43(93)36(86)27(77)17(5-67)100-56)33(83)23(106-54)12-98-59-50(38(88)29(79)19(7-69)102-59)111-55-42(92)35(85)26(76)16(4-66)99-55/h2,14-62,65-72,74-96H,3-12H2,1H3,(H,63,73)/t14-,15+,16+,17+,18+,19+,20+,21+,22+,23+,24+,25+,26+,27+,28+,29+,30+,31+,32+,33+,34+,35-,36-,37-,38-,39-,40-,41-,42-,43-,44-,45-,46-,47+,48-,49-,50-,51-,52-,53-,54-,55+,56+,57+,58-,59-,60+,61+,62+/m0/s1. The normalized spacial score (nSPS) is 49.6. The average Bonchev–Trinajstić information content (AvgIpc) is 0.811. The molecule has 9 aliphatic rings. The highest BCUT2D eigenvalue weighted by Crippen LogP contribution is 2.40. The molecule has 0 spiro atoms. The molecule has 1 amide bonds. The molecule has 52 nitrogen and oxygen atoms in total. The predicted octanol–water partition coefficient (Wildman–Crippen LogP) is -22.8. The van der Waals surface area contributed by atoms with Crippen molar-refractivity contribution in [2.45, 2.75) is 308 Å². The third kappa shape index (κ3) is 20.6. The van der Waals surface area contributed by atoms with E-state index in [4.69, 9.17) is 85.3 Å². The van der Waals surface area contributed by atoms with Crippen LogP contribution in [-0.4, -0.2) is 537 Å². The van der Waals surface area contributed by atoms with Gasteiger partial charge in [-0.05, 0) is 0 Å². The Morgan fingerprint density at radius 2 is 0.561 bits per heavy atom. The minimum absolute atomic E-state index is 0.0586. The summed E-state index contributed by atoms with van der Waals surface area (Å²) in [4.78, 5) is 24.6. The summed E-state index contributed by atoms with van der Waals surface area (Å²) in [5.74, 6) is -0.979. The van der Waals surface area contributed by atoms with Crippen molar-refractivity contribution in [1.82, 2.24) is 5.32 Å². The van der Waals surface area contributed by atoms with Gasteiger partial charge in [0.2, 0.25) is 5.91 Å². The molecule has 114 heavy (non-hydrogen) atoms. The molecule has 9 rings (SSSR count). The average molecular weight is 1680 g/mol. The fourth-order valence-corrected chi connectivity index (χ4v) is 14.1. The zero-order valence-electron chi connectivity index (χ0n) is 60.0. The molecule has 0 aromatic carbocycles. The molecule has 9 saturated heterocycles. The van der Waals surface area contributed by atoms with Crippen LogP contribution in [0.25, 0.3) is 0 Å². The van der Waals surface area contributed by atoms with E-state index < -0.39 is 373 Å². The number of rotatable bonds is 33. The lowest BCUT2D eigenvalue weighted by atomic mass is 9.95. The fraction of sp³-hybridized carbons (Fsp3) is 0.968. The van der Waals surface area contributed by atoms with E-state index in [9.17, 15) is 168 Å². The summed E-state index contributed by atoms with van der Waals surface area (Å²) in [6.07, 6.45) is -107. The number of hydrogen-bond donors (Lipinski definition) is 32. The van der Waals surface area contributed by atoms with E-state index in [-0.39, 0.29) is 6.29 Å². The smallest absolute Gasteiger partial charge is 0.217 e. The molecule has 0 saturated carbocycles. The van der Waals surface area contributed by atoms with Gasteiger partial charge in [0.1, 0.15) is 250 Å². The van der Waals surface area contributed by atoms with E-state index >= 15 is 0 Å². The number of amides is 1. The molecule has 664 valence electrons. The van der Waals surface area contributed by atoms with E-state index in [1.807, 2.05) is 5.32 Å². The molecule has 0 bridgehead atoms. The van der Waals surface area contributed by atoms with Crippen LogP contribution >= 0.6 is 0 Å². The minimum Gasteiger partial charge on any atom is -0.394 e. The number of aliphatic hydroxyl groups excluding tert-OH is 31. The topological polar surface area (TPSA) is 839 Å². The maximum atomic E-state index is 12.5.